The lowest BCUT2D eigenvalue weighted by Gasteiger charge is -2.43. The van der Waals surface area contributed by atoms with Crippen molar-refractivity contribution < 1.29 is 24.2 Å². The normalized spacial score (nSPS) is 18.2. The van der Waals surface area contributed by atoms with Gasteiger partial charge in [0.25, 0.3) is 0 Å². The van der Waals surface area contributed by atoms with Gasteiger partial charge in [0.05, 0.1) is 12.8 Å². The van der Waals surface area contributed by atoms with Crippen LogP contribution in [0.1, 0.15) is 39.2 Å². The highest BCUT2D eigenvalue weighted by atomic mass is 16.6. The molecule has 0 unspecified atom stereocenters. The topological polar surface area (TPSA) is 82.5 Å². The Bertz CT molecular complexity index is 753. The number of hydrogen-bond acceptors (Lipinski definition) is 5. The Kier molecular flexibility index (Phi) is 6.21. The maximum absolute atomic E-state index is 12.3. The van der Waals surface area contributed by atoms with Gasteiger partial charge >= 0.3 is 12.2 Å². The van der Waals surface area contributed by atoms with Crippen molar-refractivity contribution in [3.05, 3.63) is 23.8 Å². The number of piperidine rings is 1. The number of anilines is 1. The van der Waals surface area contributed by atoms with Crippen molar-refractivity contribution in [1.29, 1.82) is 0 Å². The second kappa shape index (κ2) is 8.49. The minimum Gasteiger partial charge on any atom is -0.497 e. The summed E-state index contributed by atoms with van der Waals surface area (Å²) in [7, 11) is 1.61. The van der Waals surface area contributed by atoms with Crippen LogP contribution in [0.5, 0.6) is 5.75 Å². The molecule has 1 saturated heterocycles. The third kappa shape index (κ3) is 4.75. The molecule has 29 heavy (non-hydrogen) atoms. The quantitative estimate of drug-likeness (QED) is 0.809. The summed E-state index contributed by atoms with van der Waals surface area (Å²) in [5.74, 6) is 0.709. The molecule has 8 heteroatoms. The molecule has 3 rings (SSSR count). The van der Waals surface area contributed by atoms with E-state index in [9.17, 15) is 14.7 Å². The second-order valence-corrected chi connectivity index (χ2v) is 8.60. The molecule has 1 N–H and O–H groups in total. The molecule has 2 heterocycles. The molecule has 0 aliphatic carbocycles. The number of likely N-dealkylation sites (tertiary alicyclic amines) is 1. The van der Waals surface area contributed by atoms with Gasteiger partial charge in [-0.2, -0.15) is 0 Å². The smallest absolute Gasteiger partial charge is 0.414 e. The molecule has 1 aromatic carbocycles. The van der Waals surface area contributed by atoms with Gasteiger partial charge in [0.2, 0.25) is 0 Å². The fraction of sp³-hybridized carbons (Fsp3) is 0.619. The Morgan fingerprint density at radius 3 is 2.55 bits per heavy atom. The van der Waals surface area contributed by atoms with Crippen molar-refractivity contribution in [2.24, 2.45) is 0 Å². The van der Waals surface area contributed by atoms with E-state index >= 15 is 0 Å². The predicted molar refractivity (Wildman–Crippen MR) is 110 cm³/mol. The maximum Gasteiger partial charge on any atom is 0.414 e. The number of benzene rings is 1. The Morgan fingerprint density at radius 1 is 1.28 bits per heavy atom. The van der Waals surface area contributed by atoms with Gasteiger partial charge in [-0.1, -0.05) is 0 Å². The summed E-state index contributed by atoms with van der Waals surface area (Å²) in [5, 5.41) is 9.61. The molecular weight excluding hydrogens is 374 g/mol. The first-order chi connectivity index (χ1) is 13.7. The molecule has 0 saturated carbocycles. The third-order valence-electron chi connectivity index (χ3n) is 5.65. The average molecular weight is 405 g/mol. The molecule has 1 fully saturated rings. The highest BCUT2D eigenvalue weighted by molar-refractivity contribution is 5.90. The van der Waals surface area contributed by atoms with E-state index in [2.05, 4.69) is 4.90 Å². The first kappa shape index (κ1) is 21.2. The zero-order chi connectivity index (χ0) is 21.2. The van der Waals surface area contributed by atoms with Crippen molar-refractivity contribution in [1.82, 2.24) is 9.80 Å². The number of hydrogen-bond donors (Lipinski definition) is 1. The number of carbonyl (C=O) groups excluding carboxylic acids is 1. The Labute approximate surface area is 172 Å². The van der Waals surface area contributed by atoms with Crippen LogP contribution in [0.15, 0.2) is 18.2 Å². The van der Waals surface area contributed by atoms with Crippen LogP contribution in [-0.4, -0.2) is 72.0 Å². The number of carboxylic acid groups (broad SMARTS) is 1. The van der Waals surface area contributed by atoms with E-state index in [4.69, 9.17) is 9.47 Å². The van der Waals surface area contributed by atoms with Crippen molar-refractivity contribution in [2.45, 2.75) is 51.8 Å². The molecule has 0 atom stereocenters. The van der Waals surface area contributed by atoms with Crippen molar-refractivity contribution in [3.8, 4) is 5.75 Å². The zero-order valence-corrected chi connectivity index (χ0v) is 17.7. The van der Waals surface area contributed by atoms with Crippen LogP contribution in [0.4, 0.5) is 15.3 Å². The summed E-state index contributed by atoms with van der Waals surface area (Å²) in [5.41, 5.74) is 1.38. The van der Waals surface area contributed by atoms with Gasteiger partial charge in [-0.15, -0.1) is 0 Å². The molecule has 8 nitrogen and oxygen atoms in total. The molecule has 2 amide bonds. The number of amides is 2. The summed E-state index contributed by atoms with van der Waals surface area (Å²) in [4.78, 5) is 29.6. The monoisotopic (exact) mass is 405 g/mol. The third-order valence-corrected chi connectivity index (χ3v) is 5.65. The van der Waals surface area contributed by atoms with Gasteiger partial charge < -0.3 is 24.4 Å². The number of cyclic esters (lactones) is 1. The molecular formula is C21H31N3O5. The SMILES string of the molecule is COc1ccc2c(c1)N(CCN1CCC(N(C(=O)O)C(C)(C)C)CC1)C(=O)OC2. The molecule has 0 spiro atoms. The molecule has 0 bridgehead atoms. The Hall–Kier alpha value is -2.48. The minimum absolute atomic E-state index is 0.0219. The highest BCUT2D eigenvalue weighted by Crippen LogP contribution is 2.31. The lowest BCUT2D eigenvalue weighted by Crippen LogP contribution is -2.55. The standard InChI is InChI=1S/C21H31N3O5/c1-21(2,3)24(19(25)26)16-7-9-22(10-8-16)11-12-23-18-13-17(28-4)6-5-15(18)14-29-20(23)27/h5-6,13,16H,7-12,14H2,1-4H3,(H,25,26). The van der Waals surface area contributed by atoms with Gasteiger partial charge in [-0.25, -0.2) is 9.59 Å². The van der Waals surface area contributed by atoms with Crippen LogP contribution in [0.25, 0.3) is 0 Å². The Balaban J connectivity index is 1.60. The van der Waals surface area contributed by atoms with E-state index in [1.165, 1.54) is 0 Å². The molecule has 0 aromatic heterocycles. The fourth-order valence-electron chi connectivity index (χ4n) is 4.20. The Morgan fingerprint density at radius 2 is 1.97 bits per heavy atom. The van der Waals surface area contributed by atoms with Gasteiger partial charge in [0.15, 0.2) is 0 Å². The fourth-order valence-corrected chi connectivity index (χ4v) is 4.20. The van der Waals surface area contributed by atoms with E-state index in [-0.39, 0.29) is 18.7 Å². The van der Waals surface area contributed by atoms with Gasteiger partial charge in [-0.3, -0.25) is 4.90 Å². The van der Waals surface area contributed by atoms with Crippen molar-refractivity contribution >= 4 is 17.9 Å². The number of fused-ring (bicyclic) bond motifs is 1. The van der Waals surface area contributed by atoms with Crippen LogP contribution in [0.3, 0.4) is 0 Å². The molecule has 1 aromatic rings. The molecule has 160 valence electrons. The first-order valence-electron chi connectivity index (χ1n) is 10.1. The average Bonchev–Trinajstić information content (AvgIpc) is 2.66. The van der Waals surface area contributed by atoms with E-state index in [0.717, 1.165) is 37.2 Å². The van der Waals surface area contributed by atoms with Gasteiger partial charge in [0, 0.05) is 49.4 Å². The lowest BCUT2D eigenvalue weighted by atomic mass is 9.97. The number of nitrogens with zero attached hydrogens (tertiary/aromatic N) is 3. The van der Waals surface area contributed by atoms with Crippen LogP contribution >= 0.6 is 0 Å². The number of ether oxygens (including phenoxy) is 2. The highest BCUT2D eigenvalue weighted by Gasteiger charge is 2.35. The minimum atomic E-state index is -0.863. The van der Waals surface area contributed by atoms with Crippen molar-refractivity contribution in [2.75, 3.05) is 38.2 Å². The molecule has 0 radical (unpaired) electrons. The van der Waals surface area contributed by atoms with E-state index < -0.39 is 11.6 Å². The molecule has 2 aliphatic rings. The summed E-state index contributed by atoms with van der Waals surface area (Å²) in [6.45, 7) is 8.91. The van der Waals surface area contributed by atoms with Gasteiger partial charge in [-0.05, 0) is 45.7 Å². The number of rotatable bonds is 5. The summed E-state index contributed by atoms with van der Waals surface area (Å²) >= 11 is 0. The zero-order valence-electron chi connectivity index (χ0n) is 17.7. The van der Waals surface area contributed by atoms with Gasteiger partial charge in [0.1, 0.15) is 12.4 Å². The largest absolute Gasteiger partial charge is 0.497 e. The first-order valence-corrected chi connectivity index (χ1v) is 10.1. The lowest BCUT2D eigenvalue weighted by molar-refractivity contribution is 0.0424. The predicted octanol–water partition coefficient (Wildman–Crippen LogP) is 3.39. The summed E-state index contributed by atoms with van der Waals surface area (Å²) in [6, 6.07) is 5.68. The summed E-state index contributed by atoms with van der Waals surface area (Å²) in [6.07, 6.45) is 0.375. The van der Waals surface area contributed by atoms with Crippen molar-refractivity contribution in [3.63, 3.8) is 0 Å². The van der Waals surface area contributed by atoms with Crippen LogP contribution in [0, 0.1) is 0 Å². The second-order valence-electron chi connectivity index (χ2n) is 8.60. The van der Waals surface area contributed by atoms with Crippen LogP contribution in [0.2, 0.25) is 0 Å². The van der Waals surface area contributed by atoms with E-state index in [1.54, 1.807) is 16.9 Å². The van der Waals surface area contributed by atoms with Crippen LogP contribution in [-0.2, 0) is 11.3 Å². The van der Waals surface area contributed by atoms with E-state index in [1.807, 2.05) is 39.0 Å². The van der Waals surface area contributed by atoms with E-state index in [0.29, 0.717) is 18.8 Å². The maximum atomic E-state index is 12.3. The summed E-state index contributed by atoms with van der Waals surface area (Å²) < 4.78 is 10.6. The molecule has 2 aliphatic heterocycles. The van der Waals surface area contributed by atoms with Crippen LogP contribution < -0.4 is 9.64 Å². The number of methoxy groups -OCH3 is 1. The number of carbonyl (C=O) groups is 2.